The molecule has 0 atom stereocenters. The van der Waals surface area contributed by atoms with Gasteiger partial charge < -0.3 is 4.74 Å². The van der Waals surface area contributed by atoms with Gasteiger partial charge in [-0.3, -0.25) is 4.79 Å². The van der Waals surface area contributed by atoms with Gasteiger partial charge in [-0.1, -0.05) is 25.7 Å². The van der Waals surface area contributed by atoms with Crippen LogP contribution in [0.3, 0.4) is 0 Å². The zero-order valence-electron chi connectivity index (χ0n) is 8.00. The zero-order valence-corrected chi connectivity index (χ0v) is 8.00. The molecule has 0 aromatic carbocycles. The average Bonchev–Trinajstić information content (AvgIpc) is 2.06. The standard InChI is InChI=1S/C10H14O3/c1-4-7-9(11)13-10(12)8(5-2)6-3/h5-6H,2,4,7H2,1,3H3. The summed E-state index contributed by atoms with van der Waals surface area (Å²) < 4.78 is 4.52. The Bertz CT molecular complexity index is 239. The number of carbonyl (C=O) groups excluding carboxylic acids is 2. The summed E-state index contributed by atoms with van der Waals surface area (Å²) in [5.41, 5.74) is 0.310. The number of allylic oxidation sites excluding steroid dienone is 1. The van der Waals surface area contributed by atoms with Gasteiger partial charge >= 0.3 is 11.9 Å². The molecule has 3 nitrogen and oxygen atoms in total. The van der Waals surface area contributed by atoms with Crippen molar-refractivity contribution in [1.29, 1.82) is 0 Å². The molecule has 0 heterocycles. The number of esters is 2. The van der Waals surface area contributed by atoms with Crippen LogP contribution in [-0.2, 0) is 14.3 Å². The summed E-state index contributed by atoms with van der Waals surface area (Å²) >= 11 is 0. The molecular formula is C10H14O3. The van der Waals surface area contributed by atoms with Gasteiger partial charge in [-0.05, 0) is 13.3 Å². The van der Waals surface area contributed by atoms with Gasteiger partial charge in [0.05, 0.1) is 5.57 Å². The summed E-state index contributed by atoms with van der Waals surface area (Å²) in [6, 6.07) is 0. The number of rotatable bonds is 4. The lowest BCUT2D eigenvalue weighted by molar-refractivity contribution is -0.156. The Balaban J connectivity index is 4.14. The molecule has 0 N–H and O–H groups in total. The Hall–Kier alpha value is -1.38. The number of hydrogen-bond donors (Lipinski definition) is 0. The van der Waals surface area contributed by atoms with Gasteiger partial charge in [-0.15, -0.1) is 0 Å². The van der Waals surface area contributed by atoms with E-state index >= 15 is 0 Å². The van der Waals surface area contributed by atoms with Crippen molar-refractivity contribution in [2.24, 2.45) is 0 Å². The number of hydrogen-bond acceptors (Lipinski definition) is 3. The Labute approximate surface area is 78.1 Å². The first kappa shape index (κ1) is 11.6. The van der Waals surface area contributed by atoms with E-state index in [4.69, 9.17) is 0 Å². The van der Waals surface area contributed by atoms with Crippen LogP contribution in [0, 0.1) is 0 Å². The predicted octanol–water partition coefficient (Wildman–Crippen LogP) is 1.99. The van der Waals surface area contributed by atoms with Crippen LogP contribution in [0.1, 0.15) is 26.7 Å². The minimum Gasteiger partial charge on any atom is -0.389 e. The molecule has 13 heavy (non-hydrogen) atoms. The van der Waals surface area contributed by atoms with Crippen molar-refractivity contribution in [3.63, 3.8) is 0 Å². The zero-order chi connectivity index (χ0) is 10.3. The first-order chi connectivity index (χ1) is 6.15. The van der Waals surface area contributed by atoms with Gasteiger partial charge in [-0.2, -0.15) is 0 Å². The minimum atomic E-state index is -0.629. The van der Waals surface area contributed by atoms with E-state index in [1.807, 2.05) is 6.92 Å². The van der Waals surface area contributed by atoms with E-state index in [1.165, 1.54) is 6.08 Å². The Morgan fingerprint density at radius 1 is 1.46 bits per heavy atom. The van der Waals surface area contributed by atoms with Crippen LogP contribution < -0.4 is 0 Å². The van der Waals surface area contributed by atoms with Gasteiger partial charge in [0, 0.05) is 6.42 Å². The molecule has 72 valence electrons. The Morgan fingerprint density at radius 2 is 2.08 bits per heavy atom. The molecule has 0 aromatic rings. The summed E-state index contributed by atoms with van der Waals surface area (Å²) in [6.45, 7) is 6.95. The van der Waals surface area contributed by atoms with Crippen LogP contribution in [0.5, 0.6) is 0 Å². The van der Waals surface area contributed by atoms with Crippen molar-refractivity contribution in [3.8, 4) is 0 Å². The molecule has 0 aliphatic heterocycles. The lowest BCUT2D eigenvalue weighted by Gasteiger charge is -2.01. The molecular weight excluding hydrogens is 168 g/mol. The Kier molecular flexibility index (Phi) is 5.52. The molecule has 0 unspecified atom stereocenters. The first-order valence-corrected chi connectivity index (χ1v) is 4.19. The van der Waals surface area contributed by atoms with Gasteiger partial charge in [0.25, 0.3) is 0 Å². The lowest BCUT2D eigenvalue weighted by Crippen LogP contribution is -2.12. The largest absolute Gasteiger partial charge is 0.389 e. The normalized spacial score (nSPS) is 10.8. The second kappa shape index (κ2) is 6.17. The van der Waals surface area contributed by atoms with Gasteiger partial charge in [-0.25, -0.2) is 4.79 Å². The smallest absolute Gasteiger partial charge is 0.345 e. The van der Waals surface area contributed by atoms with Gasteiger partial charge in [0.15, 0.2) is 0 Å². The monoisotopic (exact) mass is 182 g/mol. The minimum absolute atomic E-state index is 0.264. The highest BCUT2D eigenvalue weighted by atomic mass is 16.6. The third kappa shape index (κ3) is 4.25. The van der Waals surface area contributed by atoms with E-state index in [0.717, 1.165) is 0 Å². The molecule has 0 amide bonds. The number of ether oxygens (including phenoxy) is 1. The molecule has 0 aromatic heterocycles. The molecule has 0 bridgehead atoms. The highest BCUT2D eigenvalue weighted by Crippen LogP contribution is 2.01. The van der Waals surface area contributed by atoms with E-state index in [0.29, 0.717) is 12.0 Å². The molecule has 0 aliphatic carbocycles. The second-order valence-electron chi connectivity index (χ2n) is 2.46. The summed E-state index contributed by atoms with van der Waals surface area (Å²) in [4.78, 5) is 22.0. The van der Waals surface area contributed by atoms with Crippen LogP contribution >= 0.6 is 0 Å². The first-order valence-electron chi connectivity index (χ1n) is 4.19. The lowest BCUT2D eigenvalue weighted by atomic mass is 10.2. The summed E-state index contributed by atoms with van der Waals surface area (Å²) in [5, 5.41) is 0. The topological polar surface area (TPSA) is 43.4 Å². The van der Waals surface area contributed by atoms with E-state index < -0.39 is 11.9 Å². The maximum atomic E-state index is 11.1. The fourth-order valence-corrected chi connectivity index (χ4v) is 0.737. The quantitative estimate of drug-likeness (QED) is 0.289. The summed E-state index contributed by atoms with van der Waals surface area (Å²) in [5.74, 6) is -1.12. The van der Waals surface area contributed by atoms with Crippen molar-refractivity contribution in [2.45, 2.75) is 26.7 Å². The Morgan fingerprint density at radius 3 is 2.46 bits per heavy atom. The molecule has 3 heteroatoms. The van der Waals surface area contributed by atoms with Crippen molar-refractivity contribution in [2.75, 3.05) is 0 Å². The third-order valence-electron chi connectivity index (χ3n) is 1.43. The average molecular weight is 182 g/mol. The van der Waals surface area contributed by atoms with Crippen molar-refractivity contribution in [1.82, 2.24) is 0 Å². The van der Waals surface area contributed by atoms with E-state index in [2.05, 4.69) is 11.3 Å². The van der Waals surface area contributed by atoms with Crippen LogP contribution in [-0.4, -0.2) is 11.9 Å². The highest BCUT2D eigenvalue weighted by Gasteiger charge is 2.11. The molecule has 0 saturated carbocycles. The molecule has 0 saturated heterocycles. The second-order valence-corrected chi connectivity index (χ2v) is 2.46. The summed E-state index contributed by atoms with van der Waals surface area (Å²) in [7, 11) is 0. The van der Waals surface area contributed by atoms with Crippen LogP contribution in [0.25, 0.3) is 0 Å². The molecule has 0 fully saturated rings. The van der Waals surface area contributed by atoms with E-state index in [9.17, 15) is 9.59 Å². The maximum absolute atomic E-state index is 11.1. The fraction of sp³-hybridized carbons (Fsp3) is 0.400. The van der Waals surface area contributed by atoms with E-state index in [-0.39, 0.29) is 6.42 Å². The number of carbonyl (C=O) groups is 2. The van der Waals surface area contributed by atoms with Crippen molar-refractivity contribution in [3.05, 3.63) is 24.3 Å². The van der Waals surface area contributed by atoms with Crippen LogP contribution in [0.2, 0.25) is 0 Å². The van der Waals surface area contributed by atoms with Crippen molar-refractivity contribution < 1.29 is 14.3 Å². The van der Waals surface area contributed by atoms with Gasteiger partial charge in [0.1, 0.15) is 0 Å². The summed E-state index contributed by atoms with van der Waals surface area (Å²) in [6.07, 6.45) is 3.85. The van der Waals surface area contributed by atoms with Crippen LogP contribution in [0.4, 0.5) is 0 Å². The molecule has 0 spiro atoms. The predicted molar refractivity (Wildman–Crippen MR) is 50.0 cm³/mol. The highest BCUT2D eigenvalue weighted by molar-refractivity contribution is 5.98. The third-order valence-corrected chi connectivity index (χ3v) is 1.43. The fourth-order valence-electron chi connectivity index (χ4n) is 0.737. The molecule has 0 rings (SSSR count). The van der Waals surface area contributed by atoms with Gasteiger partial charge in [0.2, 0.25) is 0 Å². The van der Waals surface area contributed by atoms with E-state index in [1.54, 1.807) is 13.0 Å². The maximum Gasteiger partial charge on any atom is 0.345 e. The molecule has 0 aliphatic rings. The van der Waals surface area contributed by atoms with Crippen LogP contribution in [0.15, 0.2) is 24.3 Å². The molecule has 0 radical (unpaired) electrons. The SMILES string of the molecule is C=CC(=CC)C(=O)OC(=O)CCC. The van der Waals surface area contributed by atoms with Crippen molar-refractivity contribution >= 4 is 11.9 Å².